The van der Waals surface area contributed by atoms with Crippen LogP contribution in [0.5, 0.6) is 0 Å². The second-order valence-electron chi connectivity index (χ2n) is 9.33. The van der Waals surface area contributed by atoms with Crippen LogP contribution in [0.15, 0.2) is 65.7 Å². The van der Waals surface area contributed by atoms with E-state index in [0.29, 0.717) is 12.1 Å². The highest BCUT2D eigenvalue weighted by molar-refractivity contribution is 7.16. The molecule has 2 N–H and O–H groups in total. The second kappa shape index (κ2) is 10.6. The molecule has 0 radical (unpaired) electrons. The molecule has 4 aromatic rings. The van der Waals surface area contributed by atoms with Gasteiger partial charge >= 0.3 is 5.97 Å². The number of nitrogens with one attached hydrogen (secondary N) is 1. The van der Waals surface area contributed by atoms with E-state index in [0.717, 1.165) is 64.4 Å². The Morgan fingerprint density at radius 2 is 1.84 bits per heavy atom. The maximum absolute atomic E-state index is 13.3. The molecule has 0 aliphatic heterocycles. The first kappa shape index (κ1) is 24.7. The molecule has 0 spiro atoms. The number of carbonyl (C=O) groups is 2. The van der Waals surface area contributed by atoms with Crippen LogP contribution < -0.4 is 5.32 Å². The van der Waals surface area contributed by atoms with Crippen LogP contribution in [0.1, 0.15) is 66.5 Å². The van der Waals surface area contributed by atoms with Gasteiger partial charge in [-0.05, 0) is 74.9 Å². The number of aryl methyl sites for hydroxylation is 2. The number of carbonyl (C=O) groups excluding carboxylic acids is 1. The SMILES string of the molecule is Cc1cc(C=Nc2sc3c(c2C(=O)NCc2ccccc2)CCCC3)c(C)n1-c1cccc(C(=O)O)c1. The molecule has 2 aromatic heterocycles. The third-order valence-corrected chi connectivity index (χ3v) is 8.02. The molecule has 0 unspecified atom stereocenters. The number of thiophene rings is 1. The molecule has 0 fully saturated rings. The Hall–Kier alpha value is -3.97. The molecule has 2 heterocycles. The van der Waals surface area contributed by atoms with Gasteiger partial charge in [-0.3, -0.25) is 4.79 Å². The van der Waals surface area contributed by atoms with Crippen molar-refractivity contribution in [1.29, 1.82) is 0 Å². The number of aliphatic imine (C=N–C) groups is 1. The summed E-state index contributed by atoms with van der Waals surface area (Å²) in [4.78, 5) is 30.9. The molecule has 2 aromatic carbocycles. The number of aromatic carboxylic acids is 1. The molecule has 7 heteroatoms. The van der Waals surface area contributed by atoms with Gasteiger partial charge < -0.3 is 15.0 Å². The van der Waals surface area contributed by atoms with Crippen LogP contribution in [0.4, 0.5) is 5.00 Å². The average molecular weight is 512 g/mol. The van der Waals surface area contributed by atoms with Crippen molar-refractivity contribution in [1.82, 2.24) is 9.88 Å². The van der Waals surface area contributed by atoms with Gasteiger partial charge in [-0.2, -0.15) is 0 Å². The zero-order chi connectivity index (χ0) is 25.9. The molecular weight excluding hydrogens is 482 g/mol. The lowest BCUT2D eigenvalue weighted by Gasteiger charge is -2.12. The first-order valence-electron chi connectivity index (χ1n) is 12.5. The van der Waals surface area contributed by atoms with Crippen LogP contribution in [0.3, 0.4) is 0 Å². The highest BCUT2D eigenvalue weighted by atomic mass is 32.1. The molecule has 6 nitrogen and oxygen atoms in total. The zero-order valence-corrected chi connectivity index (χ0v) is 21.8. The number of aromatic nitrogens is 1. The van der Waals surface area contributed by atoms with Crippen molar-refractivity contribution in [3.63, 3.8) is 0 Å². The smallest absolute Gasteiger partial charge is 0.335 e. The normalized spacial score (nSPS) is 13.0. The molecule has 188 valence electrons. The van der Waals surface area contributed by atoms with E-state index in [4.69, 9.17) is 4.99 Å². The molecule has 5 rings (SSSR count). The summed E-state index contributed by atoms with van der Waals surface area (Å²) in [6.07, 6.45) is 5.94. The zero-order valence-electron chi connectivity index (χ0n) is 21.0. The number of benzene rings is 2. The summed E-state index contributed by atoms with van der Waals surface area (Å²) >= 11 is 1.62. The maximum atomic E-state index is 13.3. The summed E-state index contributed by atoms with van der Waals surface area (Å²) in [7, 11) is 0. The quantitative estimate of drug-likeness (QED) is 0.281. The standard InChI is InChI=1S/C30H29N3O3S/c1-19-15-23(20(2)33(19)24-12-8-11-22(16-24)30(35)36)18-32-29-27(25-13-6-7-14-26(25)37-29)28(34)31-17-21-9-4-3-5-10-21/h3-5,8-12,15-16,18H,6-7,13-14,17H2,1-2H3,(H,31,34)(H,35,36). The summed E-state index contributed by atoms with van der Waals surface area (Å²) in [6, 6.07) is 18.9. The third-order valence-electron chi connectivity index (χ3n) is 6.82. The monoisotopic (exact) mass is 511 g/mol. The molecule has 0 atom stereocenters. The van der Waals surface area contributed by atoms with Crippen LogP contribution in [-0.2, 0) is 19.4 Å². The minimum atomic E-state index is -0.953. The van der Waals surface area contributed by atoms with Crippen LogP contribution in [0.2, 0.25) is 0 Å². The summed E-state index contributed by atoms with van der Waals surface area (Å²) in [6.45, 7) is 4.46. The molecular formula is C30H29N3O3S. The third kappa shape index (κ3) is 5.13. The van der Waals surface area contributed by atoms with Gasteiger partial charge in [0.05, 0.1) is 11.1 Å². The van der Waals surface area contributed by atoms with Crippen molar-refractivity contribution in [3.8, 4) is 5.69 Å². The topological polar surface area (TPSA) is 83.7 Å². The molecule has 0 saturated heterocycles. The van der Waals surface area contributed by atoms with Crippen molar-refractivity contribution in [2.24, 2.45) is 4.99 Å². The lowest BCUT2D eigenvalue weighted by molar-refractivity contribution is 0.0696. The van der Waals surface area contributed by atoms with E-state index >= 15 is 0 Å². The molecule has 0 bridgehead atoms. The van der Waals surface area contributed by atoms with Crippen LogP contribution >= 0.6 is 11.3 Å². The van der Waals surface area contributed by atoms with Crippen molar-refractivity contribution >= 4 is 34.4 Å². The van der Waals surface area contributed by atoms with Crippen molar-refractivity contribution in [2.75, 3.05) is 0 Å². The van der Waals surface area contributed by atoms with Gasteiger partial charge in [0.2, 0.25) is 0 Å². The Bertz CT molecular complexity index is 1500. The summed E-state index contributed by atoms with van der Waals surface area (Å²) in [5.74, 6) is -1.03. The predicted molar refractivity (Wildman–Crippen MR) is 148 cm³/mol. The van der Waals surface area contributed by atoms with E-state index < -0.39 is 5.97 Å². The Morgan fingerprint density at radius 1 is 1.05 bits per heavy atom. The molecule has 1 amide bonds. The van der Waals surface area contributed by atoms with Gasteiger partial charge in [-0.25, -0.2) is 9.79 Å². The number of amides is 1. The predicted octanol–water partition coefficient (Wildman–Crippen LogP) is 6.41. The molecule has 0 saturated carbocycles. The summed E-state index contributed by atoms with van der Waals surface area (Å²) in [5.41, 5.74) is 6.81. The van der Waals surface area contributed by atoms with Crippen molar-refractivity contribution in [2.45, 2.75) is 46.1 Å². The first-order chi connectivity index (χ1) is 17.9. The number of rotatable bonds is 7. The van der Waals surface area contributed by atoms with E-state index in [1.165, 1.54) is 4.88 Å². The number of hydrogen-bond acceptors (Lipinski definition) is 4. The Balaban J connectivity index is 1.46. The van der Waals surface area contributed by atoms with E-state index in [2.05, 4.69) is 5.32 Å². The second-order valence-corrected chi connectivity index (χ2v) is 10.4. The van der Waals surface area contributed by atoms with E-state index in [1.807, 2.05) is 67.1 Å². The maximum Gasteiger partial charge on any atom is 0.335 e. The number of carboxylic acids is 1. The van der Waals surface area contributed by atoms with E-state index in [9.17, 15) is 14.7 Å². The average Bonchev–Trinajstić information content (AvgIpc) is 3.42. The lowest BCUT2D eigenvalue weighted by atomic mass is 9.95. The Labute approximate surface area is 220 Å². The highest BCUT2D eigenvalue weighted by Crippen LogP contribution is 2.40. The van der Waals surface area contributed by atoms with Gasteiger partial charge in [0.25, 0.3) is 5.91 Å². The first-order valence-corrected chi connectivity index (χ1v) is 13.3. The van der Waals surface area contributed by atoms with E-state index in [1.54, 1.807) is 29.5 Å². The van der Waals surface area contributed by atoms with Gasteiger partial charge in [-0.1, -0.05) is 36.4 Å². The number of nitrogens with zero attached hydrogens (tertiary/aromatic N) is 2. The van der Waals surface area contributed by atoms with Gasteiger partial charge in [0, 0.05) is 40.3 Å². The molecule has 1 aliphatic carbocycles. The number of fused-ring (bicyclic) bond motifs is 1. The van der Waals surface area contributed by atoms with Gasteiger partial charge in [0.1, 0.15) is 5.00 Å². The molecule has 37 heavy (non-hydrogen) atoms. The fourth-order valence-electron chi connectivity index (χ4n) is 4.96. The van der Waals surface area contributed by atoms with Crippen molar-refractivity contribution in [3.05, 3.63) is 105 Å². The fourth-order valence-corrected chi connectivity index (χ4v) is 6.20. The Morgan fingerprint density at radius 3 is 2.62 bits per heavy atom. The summed E-state index contributed by atoms with van der Waals surface area (Å²) in [5, 5.41) is 13.2. The Kier molecular flexibility index (Phi) is 7.06. The van der Waals surface area contributed by atoms with Crippen molar-refractivity contribution < 1.29 is 14.7 Å². The fraction of sp³-hybridized carbons (Fsp3) is 0.233. The minimum Gasteiger partial charge on any atom is -0.478 e. The number of hydrogen-bond donors (Lipinski definition) is 2. The highest BCUT2D eigenvalue weighted by Gasteiger charge is 2.25. The summed E-state index contributed by atoms with van der Waals surface area (Å²) < 4.78 is 2.03. The van der Waals surface area contributed by atoms with Gasteiger partial charge in [0.15, 0.2) is 0 Å². The minimum absolute atomic E-state index is 0.0774. The number of carboxylic acid groups (broad SMARTS) is 1. The largest absolute Gasteiger partial charge is 0.478 e. The lowest BCUT2D eigenvalue weighted by Crippen LogP contribution is -2.24. The van der Waals surface area contributed by atoms with Crippen LogP contribution in [-0.4, -0.2) is 27.8 Å². The van der Waals surface area contributed by atoms with Crippen LogP contribution in [0, 0.1) is 13.8 Å². The van der Waals surface area contributed by atoms with E-state index in [-0.39, 0.29) is 11.5 Å². The van der Waals surface area contributed by atoms with Gasteiger partial charge in [-0.15, -0.1) is 11.3 Å². The van der Waals surface area contributed by atoms with Crippen LogP contribution in [0.25, 0.3) is 5.69 Å². The molecule has 1 aliphatic rings.